The average Bonchev–Trinajstić information content (AvgIpc) is 3.31. The van der Waals surface area contributed by atoms with Gasteiger partial charge in [-0.1, -0.05) is 23.4 Å². The van der Waals surface area contributed by atoms with Crippen LogP contribution in [0.25, 0.3) is 11.6 Å². The maximum absolute atomic E-state index is 12.3. The molecule has 0 saturated carbocycles. The van der Waals surface area contributed by atoms with Gasteiger partial charge in [0.15, 0.2) is 11.8 Å². The lowest BCUT2D eigenvalue weighted by molar-refractivity contribution is -0.142. The molecule has 0 spiro atoms. The van der Waals surface area contributed by atoms with Gasteiger partial charge in [-0.15, -0.1) is 0 Å². The van der Waals surface area contributed by atoms with Gasteiger partial charge >= 0.3 is 5.97 Å². The van der Waals surface area contributed by atoms with E-state index in [-0.39, 0.29) is 18.7 Å². The largest absolute Gasteiger partial charge is 0.479 e. The Balaban J connectivity index is 1.63. The Morgan fingerprint density at radius 1 is 1.22 bits per heavy atom. The molecule has 3 aromatic rings. The third-order valence-electron chi connectivity index (χ3n) is 4.29. The van der Waals surface area contributed by atoms with Crippen LogP contribution in [0.4, 0.5) is 0 Å². The van der Waals surface area contributed by atoms with Gasteiger partial charge < -0.3 is 19.4 Å². The van der Waals surface area contributed by atoms with Gasteiger partial charge in [0.25, 0.3) is 0 Å². The van der Waals surface area contributed by atoms with Crippen LogP contribution in [0, 0.1) is 13.8 Å². The number of aryl methyl sites for hydroxylation is 2. The molecular formula is C19H19N3O5. The smallest absolute Gasteiger partial charge is 0.330 e. The lowest BCUT2D eigenvalue weighted by atomic mass is 9.97. The number of amides is 1. The van der Waals surface area contributed by atoms with Crippen LogP contribution in [-0.2, 0) is 16.0 Å². The first-order valence-corrected chi connectivity index (χ1v) is 8.40. The van der Waals surface area contributed by atoms with Crippen LogP contribution in [-0.4, -0.2) is 27.1 Å². The molecule has 140 valence electrons. The molecule has 1 aromatic carbocycles. The zero-order valence-electron chi connectivity index (χ0n) is 14.9. The Labute approximate surface area is 155 Å². The number of aliphatic carboxylic acids is 1. The summed E-state index contributed by atoms with van der Waals surface area (Å²) in [4.78, 5) is 28.1. The van der Waals surface area contributed by atoms with Crippen LogP contribution in [0.2, 0.25) is 0 Å². The van der Waals surface area contributed by atoms with Crippen molar-refractivity contribution in [3.05, 3.63) is 59.2 Å². The normalized spacial score (nSPS) is 11.9. The van der Waals surface area contributed by atoms with Gasteiger partial charge in [0.2, 0.25) is 17.6 Å². The third kappa shape index (κ3) is 4.22. The number of carboxylic acid groups (broad SMARTS) is 1. The van der Waals surface area contributed by atoms with Crippen LogP contribution in [0.1, 0.15) is 35.0 Å². The standard InChI is InChI=1S/C19H19N3O5/c1-11-5-3-6-13(12(11)2)17(19(24)25)20-15(23)8-9-16-21-18(22-27-16)14-7-4-10-26-14/h3-7,10,17H,8-9H2,1-2H3,(H,20,23)(H,24,25). The monoisotopic (exact) mass is 369 g/mol. The lowest BCUT2D eigenvalue weighted by Crippen LogP contribution is -2.34. The average molecular weight is 369 g/mol. The van der Waals surface area contributed by atoms with Crippen molar-refractivity contribution < 1.29 is 23.6 Å². The number of hydrogen-bond donors (Lipinski definition) is 2. The molecule has 0 aliphatic rings. The molecule has 1 atom stereocenters. The summed E-state index contributed by atoms with van der Waals surface area (Å²) in [6.07, 6.45) is 1.71. The number of benzene rings is 1. The summed E-state index contributed by atoms with van der Waals surface area (Å²) in [5.41, 5.74) is 2.36. The SMILES string of the molecule is Cc1cccc(C(NC(=O)CCc2nc(-c3ccco3)no2)C(=O)O)c1C. The summed E-state index contributed by atoms with van der Waals surface area (Å²) in [7, 11) is 0. The highest BCUT2D eigenvalue weighted by Crippen LogP contribution is 2.21. The maximum Gasteiger partial charge on any atom is 0.330 e. The zero-order chi connectivity index (χ0) is 19.4. The van der Waals surface area contributed by atoms with Crippen molar-refractivity contribution in [2.24, 2.45) is 0 Å². The molecule has 27 heavy (non-hydrogen) atoms. The first kappa shape index (κ1) is 18.4. The Morgan fingerprint density at radius 2 is 2.04 bits per heavy atom. The molecule has 3 rings (SSSR count). The van der Waals surface area contributed by atoms with E-state index in [0.717, 1.165) is 11.1 Å². The fourth-order valence-corrected chi connectivity index (χ4v) is 2.67. The molecule has 0 aliphatic carbocycles. The van der Waals surface area contributed by atoms with E-state index in [1.807, 2.05) is 19.9 Å². The Kier molecular flexibility index (Phi) is 5.35. The van der Waals surface area contributed by atoms with Crippen molar-refractivity contribution in [1.29, 1.82) is 0 Å². The third-order valence-corrected chi connectivity index (χ3v) is 4.29. The molecule has 0 aliphatic heterocycles. The molecule has 8 heteroatoms. The van der Waals surface area contributed by atoms with E-state index in [2.05, 4.69) is 15.5 Å². The number of nitrogens with zero attached hydrogens (tertiary/aromatic N) is 2. The summed E-state index contributed by atoms with van der Waals surface area (Å²) >= 11 is 0. The summed E-state index contributed by atoms with van der Waals surface area (Å²) in [6.45, 7) is 3.73. The first-order valence-electron chi connectivity index (χ1n) is 8.40. The molecular weight excluding hydrogens is 350 g/mol. The summed E-state index contributed by atoms with van der Waals surface area (Å²) in [5.74, 6) is -0.490. The van der Waals surface area contributed by atoms with E-state index in [1.54, 1.807) is 24.3 Å². The highest BCUT2D eigenvalue weighted by molar-refractivity contribution is 5.85. The second-order valence-corrected chi connectivity index (χ2v) is 6.12. The second-order valence-electron chi connectivity index (χ2n) is 6.12. The van der Waals surface area contributed by atoms with Gasteiger partial charge in [0.05, 0.1) is 6.26 Å². The number of hydrogen-bond acceptors (Lipinski definition) is 6. The fourth-order valence-electron chi connectivity index (χ4n) is 2.67. The van der Waals surface area contributed by atoms with E-state index in [4.69, 9.17) is 8.94 Å². The van der Waals surface area contributed by atoms with Gasteiger partial charge in [-0.05, 0) is 42.7 Å². The van der Waals surface area contributed by atoms with Crippen LogP contribution in [0.3, 0.4) is 0 Å². The van der Waals surface area contributed by atoms with Crippen molar-refractivity contribution >= 4 is 11.9 Å². The predicted octanol–water partition coefficient (Wildman–Crippen LogP) is 2.82. The molecule has 1 amide bonds. The summed E-state index contributed by atoms with van der Waals surface area (Å²) in [5, 5.41) is 15.9. The van der Waals surface area contributed by atoms with Crippen LogP contribution >= 0.6 is 0 Å². The number of aromatic nitrogens is 2. The van der Waals surface area contributed by atoms with E-state index in [1.165, 1.54) is 6.26 Å². The van der Waals surface area contributed by atoms with E-state index in [0.29, 0.717) is 17.1 Å². The van der Waals surface area contributed by atoms with Crippen molar-refractivity contribution in [2.45, 2.75) is 32.7 Å². The van der Waals surface area contributed by atoms with Gasteiger partial charge in [0.1, 0.15) is 0 Å². The molecule has 0 saturated heterocycles. The predicted molar refractivity (Wildman–Crippen MR) is 94.8 cm³/mol. The highest BCUT2D eigenvalue weighted by atomic mass is 16.5. The topological polar surface area (TPSA) is 118 Å². The van der Waals surface area contributed by atoms with Crippen molar-refractivity contribution in [3.8, 4) is 11.6 Å². The second kappa shape index (κ2) is 7.86. The van der Waals surface area contributed by atoms with Gasteiger partial charge in [-0.2, -0.15) is 4.98 Å². The number of carbonyl (C=O) groups excluding carboxylic acids is 1. The van der Waals surface area contributed by atoms with E-state index in [9.17, 15) is 14.7 Å². The molecule has 8 nitrogen and oxygen atoms in total. The van der Waals surface area contributed by atoms with E-state index >= 15 is 0 Å². The Morgan fingerprint density at radius 3 is 2.74 bits per heavy atom. The minimum Gasteiger partial charge on any atom is -0.479 e. The molecule has 0 radical (unpaired) electrons. The minimum absolute atomic E-state index is 0.0223. The van der Waals surface area contributed by atoms with Crippen molar-refractivity contribution in [2.75, 3.05) is 0 Å². The Hall–Kier alpha value is -3.42. The number of rotatable bonds is 7. The zero-order valence-corrected chi connectivity index (χ0v) is 14.9. The van der Waals surface area contributed by atoms with Gasteiger partial charge in [0, 0.05) is 12.8 Å². The summed E-state index contributed by atoms with van der Waals surface area (Å²) < 4.78 is 10.3. The number of nitrogens with one attached hydrogen (secondary N) is 1. The van der Waals surface area contributed by atoms with Gasteiger partial charge in [-0.3, -0.25) is 4.79 Å². The molecule has 2 heterocycles. The van der Waals surface area contributed by atoms with E-state index < -0.39 is 17.9 Å². The van der Waals surface area contributed by atoms with Crippen molar-refractivity contribution in [1.82, 2.24) is 15.5 Å². The summed E-state index contributed by atoms with van der Waals surface area (Å²) in [6, 6.07) is 7.66. The number of carbonyl (C=O) groups is 2. The maximum atomic E-state index is 12.3. The lowest BCUT2D eigenvalue weighted by Gasteiger charge is -2.18. The quantitative estimate of drug-likeness (QED) is 0.657. The van der Waals surface area contributed by atoms with Gasteiger partial charge in [-0.25, -0.2) is 4.79 Å². The number of furan rings is 1. The number of carboxylic acids is 1. The van der Waals surface area contributed by atoms with Crippen molar-refractivity contribution in [3.63, 3.8) is 0 Å². The molecule has 2 N–H and O–H groups in total. The van der Waals surface area contributed by atoms with Crippen LogP contribution in [0.5, 0.6) is 0 Å². The Bertz CT molecular complexity index is 946. The fraction of sp³-hybridized carbons (Fsp3) is 0.263. The van der Waals surface area contributed by atoms with Crippen LogP contribution in [0.15, 0.2) is 45.5 Å². The molecule has 0 bridgehead atoms. The van der Waals surface area contributed by atoms with Crippen LogP contribution < -0.4 is 5.32 Å². The molecule has 1 unspecified atom stereocenters. The highest BCUT2D eigenvalue weighted by Gasteiger charge is 2.24. The minimum atomic E-state index is -1.12. The first-order chi connectivity index (χ1) is 13.0. The molecule has 0 fully saturated rings. The molecule has 2 aromatic heterocycles.